The van der Waals surface area contributed by atoms with Crippen molar-refractivity contribution in [1.82, 2.24) is 15.5 Å². The van der Waals surface area contributed by atoms with Gasteiger partial charge >= 0.3 is 0 Å². The Bertz CT molecular complexity index is 1320. The lowest BCUT2D eigenvalue weighted by Gasteiger charge is -2.35. The Hall–Kier alpha value is -4.01. The van der Waals surface area contributed by atoms with E-state index in [1.54, 1.807) is 12.1 Å². The average molecular weight is 569 g/mol. The summed E-state index contributed by atoms with van der Waals surface area (Å²) in [7, 11) is 2.15. The Kier molecular flexibility index (Phi) is 11.3. The van der Waals surface area contributed by atoms with Crippen LogP contribution in [0.25, 0.3) is 0 Å². The summed E-state index contributed by atoms with van der Waals surface area (Å²) >= 11 is 0. The van der Waals surface area contributed by atoms with Crippen LogP contribution in [0.3, 0.4) is 0 Å². The van der Waals surface area contributed by atoms with Gasteiger partial charge in [0.2, 0.25) is 5.91 Å². The molecule has 4 rings (SSSR count). The second-order valence-electron chi connectivity index (χ2n) is 11.3. The first-order valence-electron chi connectivity index (χ1n) is 14.8. The minimum atomic E-state index is -0.451. The maximum atomic E-state index is 13.6. The molecule has 0 spiro atoms. The molecule has 0 bridgehead atoms. The molecule has 1 saturated heterocycles. The monoisotopic (exact) mass is 568 g/mol. The van der Waals surface area contributed by atoms with Gasteiger partial charge in [0.15, 0.2) is 5.78 Å². The second-order valence-corrected chi connectivity index (χ2v) is 11.3. The molecule has 2 atom stereocenters. The summed E-state index contributed by atoms with van der Waals surface area (Å²) < 4.78 is 0. The fourth-order valence-electron chi connectivity index (χ4n) is 5.28. The van der Waals surface area contributed by atoms with Crippen molar-refractivity contribution in [3.8, 4) is 0 Å². The molecule has 222 valence electrons. The highest BCUT2D eigenvalue weighted by Crippen LogP contribution is 2.22. The van der Waals surface area contributed by atoms with Crippen molar-refractivity contribution >= 4 is 23.2 Å². The van der Waals surface area contributed by atoms with Crippen molar-refractivity contribution in [3.05, 3.63) is 101 Å². The Morgan fingerprint density at radius 3 is 2.24 bits per heavy atom. The Morgan fingerprint density at radius 1 is 0.881 bits per heavy atom. The van der Waals surface area contributed by atoms with Crippen LogP contribution in [0.4, 0.5) is 5.69 Å². The number of rotatable bonds is 14. The number of hydrogen-bond acceptors (Lipinski definition) is 6. The van der Waals surface area contributed by atoms with E-state index in [-0.39, 0.29) is 30.0 Å². The van der Waals surface area contributed by atoms with E-state index in [1.165, 1.54) is 16.8 Å². The number of nitrogens with zero attached hydrogens (tertiary/aromatic N) is 2. The van der Waals surface area contributed by atoms with Crippen LogP contribution < -0.4 is 21.3 Å². The topological polar surface area (TPSA) is 115 Å². The fourth-order valence-corrected chi connectivity index (χ4v) is 5.28. The summed E-state index contributed by atoms with van der Waals surface area (Å²) in [6, 6.07) is 25.5. The van der Waals surface area contributed by atoms with Gasteiger partial charge in [0.05, 0.1) is 6.04 Å². The number of Topliss-reactive ketones (excluding diaryl/α,β-unsaturated/α-hetero) is 1. The number of carbonyl (C=O) groups excluding carboxylic acids is 2. The maximum absolute atomic E-state index is 13.6. The highest BCUT2D eigenvalue weighted by atomic mass is 16.2. The molecule has 3 aromatic carbocycles. The summed E-state index contributed by atoms with van der Waals surface area (Å²) in [6.45, 7) is 6.78. The fraction of sp³-hybridized carbons (Fsp3) is 0.382. The van der Waals surface area contributed by atoms with Crippen molar-refractivity contribution in [2.75, 3.05) is 38.1 Å². The van der Waals surface area contributed by atoms with Crippen LogP contribution in [0.1, 0.15) is 42.0 Å². The number of amidine groups is 1. The Morgan fingerprint density at radius 2 is 1.55 bits per heavy atom. The van der Waals surface area contributed by atoms with Gasteiger partial charge in [-0.15, -0.1) is 0 Å². The normalized spacial score (nSPS) is 15.1. The summed E-state index contributed by atoms with van der Waals surface area (Å²) in [4.78, 5) is 31.3. The molecule has 0 radical (unpaired) electrons. The van der Waals surface area contributed by atoms with Crippen molar-refractivity contribution in [3.63, 3.8) is 0 Å². The molecule has 5 N–H and O–H groups in total. The van der Waals surface area contributed by atoms with Crippen LogP contribution in [-0.2, 0) is 29.1 Å². The number of ketones is 1. The number of likely N-dealkylation sites (N-methyl/N-ethyl adjacent to an activating group) is 1. The molecule has 1 aliphatic rings. The largest absolute Gasteiger partial charge is 0.384 e. The third kappa shape index (κ3) is 8.99. The molecule has 0 saturated carbocycles. The average Bonchev–Trinajstić information content (AvgIpc) is 3.01. The highest BCUT2D eigenvalue weighted by Gasteiger charge is 2.24. The molecule has 8 heteroatoms. The minimum Gasteiger partial charge on any atom is -0.384 e. The van der Waals surface area contributed by atoms with Gasteiger partial charge in [0.25, 0.3) is 0 Å². The first kappa shape index (κ1) is 30.9. The van der Waals surface area contributed by atoms with Crippen molar-refractivity contribution in [1.29, 1.82) is 5.41 Å². The SMILES string of the molecule is C[C@H](CC(=O)[C@@H](CCc1ccccc1)NCc1ccccc1N1CCN(C)CC1)C(=O)NCc1ccc(C(=N)N)cc1. The lowest BCUT2D eigenvalue weighted by molar-refractivity contribution is -0.129. The molecule has 1 heterocycles. The van der Waals surface area contributed by atoms with Gasteiger partial charge in [-0.1, -0.05) is 79.7 Å². The van der Waals surface area contributed by atoms with Crippen molar-refractivity contribution in [2.45, 2.75) is 45.3 Å². The molecular weight excluding hydrogens is 524 g/mol. The van der Waals surface area contributed by atoms with Crippen LogP contribution in [-0.4, -0.2) is 61.7 Å². The van der Waals surface area contributed by atoms with E-state index in [4.69, 9.17) is 11.1 Å². The number of anilines is 1. The third-order valence-electron chi connectivity index (χ3n) is 8.01. The number of nitrogens with two attached hydrogens (primary N) is 1. The van der Waals surface area contributed by atoms with Crippen LogP contribution in [0.15, 0.2) is 78.9 Å². The quantitative estimate of drug-likeness (QED) is 0.174. The second kappa shape index (κ2) is 15.3. The van der Waals surface area contributed by atoms with Gasteiger partial charge in [-0.2, -0.15) is 0 Å². The predicted octanol–water partition coefficient (Wildman–Crippen LogP) is 3.73. The molecule has 8 nitrogen and oxygen atoms in total. The molecule has 3 aromatic rings. The van der Waals surface area contributed by atoms with E-state index in [1.807, 2.05) is 37.3 Å². The number of nitrogen functional groups attached to an aromatic ring is 1. The molecule has 0 aromatic heterocycles. The summed E-state index contributed by atoms with van der Waals surface area (Å²) in [5, 5.41) is 14.0. The lowest BCUT2D eigenvalue weighted by atomic mass is 9.95. The minimum absolute atomic E-state index is 0.0102. The van der Waals surface area contributed by atoms with Crippen molar-refractivity contribution < 1.29 is 9.59 Å². The van der Waals surface area contributed by atoms with Crippen LogP contribution in [0.2, 0.25) is 0 Å². The molecule has 1 fully saturated rings. The lowest BCUT2D eigenvalue weighted by Crippen LogP contribution is -2.45. The van der Waals surface area contributed by atoms with Crippen LogP contribution in [0.5, 0.6) is 0 Å². The third-order valence-corrected chi connectivity index (χ3v) is 8.01. The first-order valence-corrected chi connectivity index (χ1v) is 14.8. The number of amides is 1. The number of benzene rings is 3. The number of para-hydroxylation sites is 1. The zero-order valence-corrected chi connectivity index (χ0v) is 24.8. The zero-order chi connectivity index (χ0) is 29.9. The van der Waals surface area contributed by atoms with Gasteiger partial charge in [-0.3, -0.25) is 15.0 Å². The molecule has 1 aliphatic heterocycles. The standard InChI is InChI=1S/C34H44N6O2/c1-25(34(42)38-23-27-12-15-28(16-13-27)33(35)36)22-32(41)30(17-14-26-8-4-3-5-9-26)37-24-29-10-6-7-11-31(29)40-20-18-39(2)19-21-40/h3-13,15-16,25,30,37H,14,17-24H2,1-2H3,(H3,35,36)(H,38,42)/t25-,30-/m1/s1. The maximum Gasteiger partial charge on any atom is 0.223 e. The van der Waals surface area contributed by atoms with E-state index in [0.717, 1.165) is 38.2 Å². The summed E-state index contributed by atoms with van der Waals surface area (Å²) in [5.41, 5.74) is 10.7. The Labute approximate surface area is 249 Å². The molecule has 1 amide bonds. The van der Waals surface area contributed by atoms with E-state index in [0.29, 0.717) is 25.1 Å². The van der Waals surface area contributed by atoms with Gasteiger partial charge in [0, 0.05) is 62.9 Å². The van der Waals surface area contributed by atoms with Gasteiger partial charge in [0.1, 0.15) is 5.84 Å². The number of nitrogens with one attached hydrogen (secondary N) is 3. The van der Waals surface area contributed by atoms with Crippen molar-refractivity contribution in [2.24, 2.45) is 11.7 Å². The Balaban J connectivity index is 1.37. The molecule has 42 heavy (non-hydrogen) atoms. The van der Waals surface area contributed by atoms with E-state index < -0.39 is 5.92 Å². The first-order chi connectivity index (χ1) is 20.3. The van der Waals surface area contributed by atoms with E-state index in [2.05, 4.69) is 63.9 Å². The zero-order valence-electron chi connectivity index (χ0n) is 24.8. The van der Waals surface area contributed by atoms with Crippen LogP contribution >= 0.6 is 0 Å². The predicted molar refractivity (Wildman–Crippen MR) is 170 cm³/mol. The van der Waals surface area contributed by atoms with E-state index in [9.17, 15) is 9.59 Å². The van der Waals surface area contributed by atoms with Crippen LogP contribution in [0, 0.1) is 11.3 Å². The van der Waals surface area contributed by atoms with Gasteiger partial charge in [-0.05, 0) is 42.6 Å². The summed E-state index contributed by atoms with van der Waals surface area (Å²) in [6.07, 6.45) is 1.61. The summed E-state index contributed by atoms with van der Waals surface area (Å²) in [5.74, 6) is -0.540. The highest BCUT2D eigenvalue weighted by molar-refractivity contribution is 5.95. The number of aryl methyl sites for hydroxylation is 1. The molecule has 0 unspecified atom stereocenters. The molecular formula is C34H44N6O2. The number of piperazine rings is 1. The number of carbonyl (C=O) groups is 2. The smallest absolute Gasteiger partial charge is 0.223 e. The van der Waals surface area contributed by atoms with E-state index >= 15 is 0 Å². The molecule has 0 aliphatic carbocycles. The van der Waals surface area contributed by atoms with Gasteiger partial charge < -0.3 is 26.2 Å². The van der Waals surface area contributed by atoms with Gasteiger partial charge in [-0.25, -0.2) is 0 Å². The number of hydrogen-bond donors (Lipinski definition) is 4.